The molecule has 0 saturated carbocycles. The van der Waals surface area contributed by atoms with E-state index in [9.17, 15) is 4.79 Å². The van der Waals surface area contributed by atoms with Gasteiger partial charge in [0.05, 0.1) is 20.3 Å². The van der Waals surface area contributed by atoms with Gasteiger partial charge in [0.15, 0.2) is 0 Å². The second-order valence-electron chi connectivity index (χ2n) is 7.91. The lowest BCUT2D eigenvalue weighted by Gasteiger charge is -2.41. The van der Waals surface area contributed by atoms with Gasteiger partial charge in [0.2, 0.25) is 5.91 Å². The molecular weight excluding hydrogens is 378 g/mol. The molecule has 2 aromatic rings. The molecule has 1 atom stereocenters. The highest BCUT2D eigenvalue weighted by molar-refractivity contribution is 5.83. The minimum atomic E-state index is -0.215. The number of nitrogens with zero attached hydrogens (tertiary/aromatic N) is 3. The topological polar surface area (TPSA) is 45.2 Å². The summed E-state index contributed by atoms with van der Waals surface area (Å²) in [5, 5.41) is 0. The van der Waals surface area contributed by atoms with E-state index < -0.39 is 0 Å². The van der Waals surface area contributed by atoms with Crippen LogP contribution in [-0.4, -0.2) is 80.2 Å². The number of morpholine rings is 1. The van der Waals surface area contributed by atoms with E-state index in [1.165, 1.54) is 5.56 Å². The van der Waals surface area contributed by atoms with Crippen LogP contribution in [0.2, 0.25) is 0 Å². The van der Waals surface area contributed by atoms with E-state index >= 15 is 0 Å². The van der Waals surface area contributed by atoms with Gasteiger partial charge in [-0.15, -0.1) is 0 Å². The van der Waals surface area contributed by atoms with Gasteiger partial charge in [0.1, 0.15) is 11.8 Å². The molecule has 2 heterocycles. The van der Waals surface area contributed by atoms with Gasteiger partial charge in [-0.05, 0) is 23.3 Å². The first-order valence-electron chi connectivity index (χ1n) is 10.8. The van der Waals surface area contributed by atoms with Crippen molar-refractivity contribution in [3.05, 3.63) is 65.7 Å². The summed E-state index contributed by atoms with van der Waals surface area (Å²) < 4.78 is 10.7. The molecule has 0 aromatic heterocycles. The summed E-state index contributed by atoms with van der Waals surface area (Å²) in [6, 6.07) is 18.3. The molecule has 2 saturated heterocycles. The predicted octanol–water partition coefficient (Wildman–Crippen LogP) is 2.41. The largest absolute Gasteiger partial charge is 0.497 e. The van der Waals surface area contributed by atoms with Gasteiger partial charge in [0, 0.05) is 45.8 Å². The lowest BCUT2D eigenvalue weighted by Crippen LogP contribution is -2.52. The Balaban J connectivity index is 1.41. The Hall–Kier alpha value is -2.41. The number of ether oxygens (including phenoxy) is 2. The summed E-state index contributed by atoms with van der Waals surface area (Å²) in [4.78, 5) is 20.2. The van der Waals surface area contributed by atoms with Crippen molar-refractivity contribution in [1.82, 2.24) is 14.7 Å². The molecule has 2 fully saturated rings. The van der Waals surface area contributed by atoms with Crippen LogP contribution in [0.4, 0.5) is 0 Å². The van der Waals surface area contributed by atoms with E-state index in [2.05, 4.69) is 34.1 Å². The fourth-order valence-corrected chi connectivity index (χ4v) is 4.27. The van der Waals surface area contributed by atoms with Crippen molar-refractivity contribution >= 4 is 5.91 Å². The van der Waals surface area contributed by atoms with Gasteiger partial charge >= 0.3 is 0 Å². The van der Waals surface area contributed by atoms with E-state index in [-0.39, 0.29) is 11.9 Å². The number of carbonyl (C=O) groups is 1. The number of hydrogen-bond donors (Lipinski definition) is 0. The average Bonchev–Trinajstić information content (AvgIpc) is 2.82. The Morgan fingerprint density at radius 1 is 0.933 bits per heavy atom. The molecule has 0 radical (unpaired) electrons. The molecule has 160 valence electrons. The predicted molar refractivity (Wildman–Crippen MR) is 116 cm³/mol. The highest BCUT2D eigenvalue weighted by atomic mass is 16.5. The smallest absolute Gasteiger partial charge is 0.244 e. The molecule has 2 aliphatic rings. The molecule has 6 heteroatoms. The molecular formula is C24H31N3O3. The van der Waals surface area contributed by atoms with Crippen LogP contribution in [0.1, 0.15) is 17.2 Å². The Bertz CT molecular complexity index is 798. The van der Waals surface area contributed by atoms with Gasteiger partial charge in [-0.25, -0.2) is 0 Å². The third-order valence-corrected chi connectivity index (χ3v) is 6.01. The molecule has 0 aliphatic carbocycles. The number of carbonyl (C=O) groups excluding carboxylic acids is 1. The number of methoxy groups -OCH3 is 1. The Kier molecular flexibility index (Phi) is 7.00. The van der Waals surface area contributed by atoms with Gasteiger partial charge < -0.3 is 14.4 Å². The fraction of sp³-hybridized carbons (Fsp3) is 0.458. The first-order chi connectivity index (χ1) is 14.7. The Morgan fingerprint density at radius 2 is 1.60 bits per heavy atom. The Labute approximate surface area is 179 Å². The summed E-state index contributed by atoms with van der Waals surface area (Å²) in [5.41, 5.74) is 2.37. The molecule has 2 aromatic carbocycles. The maximum atomic E-state index is 13.4. The van der Waals surface area contributed by atoms with Crippen LogP contribution < -0.4 is 4.74 Å². The second kappa shape index (κ2) is 10.1. The number of amides is 1. The summed E-state index contributed by atoms with van der Waals surface area (Å²) in [6.45, 7) is 7.20. The van der Waals surface area contributed by atoms with E-state index in [4.69, 9.17) is 9.47 Å². The summed E-state index contributed by atoms with van der Waals surface area (Å²) in [5.74, 6) is 1.09. The van der Waals surface area contributed by atoms with Gasteiger partial charge in [-0.1, -0.05) is 42.5 Å². The van der Waals surface area contributed by atoms with E-state index in [0.29, 0.717) is 26.3 Å². The molecule has 0 spiro atoms. The quantitative estimate of drug-likeness (QED) is 0.733. The van der Waals surface area contributed by atoms with Crippen LogP contribution >= 0.6 is 0 Å². The van der Waals surface area contributed by atoms with Crippen molar-refractivity contribution in [2.45, 2.75) is 12.6 Å². The molecule has 0 N–H and O–H groups in total. The zero-order chi connectivity index (χ0) is 20.8. The number of rotatable bonds is 6. The Morgan fingerprint density at radius 3 is 2.23 bits per heavy atom. The minimum Gasteiger partial charge on any atom is -0.497 e. The first kappa shape index (κ1) is 20.8. The number of benzene rings is 2. The SMILES string of the molecule is COc1ccc(CN2CCN([C@@H](C(=O)N3CCOCC3)c3ccccc3)CC2)cc1. The first-order valence-corrected chi connectivity index (χ1v) is 10.8. The number of piperazine rings is 1. The van der Waals surface area contributed by atoms with Crippen LogP contribution in [-0.2, 0) is 16.1 Å². The molecule has 4 rings (SSSR count). The van der Waals surface area contributed by atoms with Crippen molar-refractivity contribution in [1.29, 1.82) is 0 Å². The zero-order valence-corrected chi connectivity index (χ0v) is 17.7. The van der Waals surface area contributed by atoms with Crippen LogP contribution in [0.15, 0.2) is 54.6 Å². The molecule has 30 heavy (non-hydrogen) atoms. The van der Waals surface area contributed by atoms with E-state index in [1.54, 1.807) is 7.11 Å². The monoisotopic (exact) mass is 409 g/mol. The van der Waals surface area contributed by atoms with Crippen molar-refractivity contribution < 1.29 is 14.3 Å². The van der Waals surface area contributed by atoms with E-state index in [1.807, 2.05) is 35.2 Å². The molecule has 1 amide bonds. The standard InChI is InChI=1S/C24H31N3O3/c1-29-22-9-7-20(8-10-22)19-25-11-13-26(14-12-25)23(21-5-3-2-4-6-21)24(28)27-15-17-30-18-16-27/h2-10,23H,11-19H2,1H3/t23-/m1/s1. The normalized spacial score (nSPS) is 19.4. The minimum absolute atomic E-state index is 0.202. The summed E-state index contributed by atoms with van der Waals surface area (Å²) in [6.07, 6.45) is 0. The average molecular weight is 410 g/mol. The van der Waals surface area contributed by atoms with Crippen LogP contribution in [0.5, 0.6) is 5.75 Å². The summed E-state index contributed by atoms with van der Waals surface area (Å²) in [7, 11) is 1.69. The molecule has 6 nitrogen and oxygen atoms in total. The fourth-order valence-electron chi connectivity index (χ4n) is 4.27. The maximum absolute atomic E-state index is 13.4. The second-order valence-corrected chi connectivity index (χ2v) is 7.91. The lowest BCUT2D eigenvalue weighted by molar-refractivity contribution is -0.142. The van der Waals surface area contributed by atoms with Gasteiger partial charge in [-0.2, -0.15) is 0 Å². The third-order valence-electron chi connectivity index (χ3n) is 6.01. The molecule has 0 unspecified atom stereocenters. The van der Waals surface area contributed by atoms with Crippen LogP contribution in [0.3, 0.4) is 0 Å². The zero-order valence-electron chi connectivity index (χ0n) is 17.7. The van der Waals surface area contributed by atoms with Crippen molar-refractivity contribution in [2.24, 2.45) is 0 Å². The van der Waals surface area contributed by atoms with Crippen molar-refractivity contribution in [3.63, 3.8) is 0 Å². The number of hydrogen-bond acceptors (Lipinski definition) is 5. The molecule has 0 bridgehead atoms. The van der Waals surface area contributed by atoms with Crippen molar-refractivity contribution in [3.8, 4) is 5.75 Å². The highest BCUT2D eigenvalue weighted by Crippen LogP contribution is 2.26. The maximum Gasteiger partial charge on any atom is 0.244 e. The van der Waals surface area contributed by atoms with Crippen LogP contribution in [0, 0.1) is 0 Å². The lowest BCUT2D eigenvalue weighted by atomic mass is 10.0. The highest BCUT2D eigenvalue weighted by Gasteiger charge is 2.33. The third kappa shape index (κ3) is 5.01. The van der Waals surface area contributed by atoms with E-state index in [0.717, 1.165) is 44.0 Å². The molecule has 2 aliphatic heterocycles. The summed E-state index contributed by atoms with van der Waals surface area (Å²) >= 11 is 0. The van der Waals surface area contributed by atoms with Crippen LogP contribution in [0.25, 0.3) is 0 Å². The van der Waals surface area contributed by atoms with Crippen molar-refractivity contribution in [2.75, 3.05) is 59.6 Å². The van der Waals surface area contributed by atoms with Gasteiger partial charge in [-0.3, -0.25) is 14.6 Å². The van der Waals surface area contributed by atoms with Gasteiger partial charge in [0.25, 0.3) is 0 Å².